The minimum absolute atomic E-state index is 0.0178. The zero-order valence-corrected chi connectivity index (χ0v) is 15.0. The molecule has 1 amide bonds. The van der Waals surface area contributed by atoms with Gasteiger partial charge in [-0.15, -0.1) is 0 Å². The molecular weight excluding hydrogens is 360 g/mol. The average molecular weight is 378 g/mol. The van der Waals surface area contributed by atoms with E-state index in [-0.39, 0.29) is 28.7 Å². The molecule has 0 aliphatic carbocycles. The summed E-state index contributed by atoms with van der Waals surface area (Å²) < 4.78 is 0. The number of nitrogens with zero attached hydrogens (tertiary/aromatic N) is 2. The smallest absolute Gasteiger partial charge is 0.335 e. The van der Waals surface area contributed by atoms with Crippen LogP contribution in [0.1, 0.15) is 33.2 Å². The summed E-state index contributed by atoms with van der Waals surface area (Å²) in [5.74, 6) is -1.56. The monoisotopic (exact) mass is 378 g/mol. The first-order chi connectivity index (χ1) is 13.4. The maximum absolute atomic E-state index is 12.4. The zero-order valence-electron chi connectivity index (χ0n) is 15.0. The lowest BCUT2D eigenvalue weighted by atomic mass is 10.1. The van der Waals surface area contributed by atoms with Crippen molar-refractivity contribution in [2.75, 3.05) is 0 Å². The number of aromatic amines is 1. The number of hydrogen-bond acceptors (Lipinski definition) is 5. The summed E-state index contributed by atoms with van der Waals surface area (Å²) in [5, 5.41) is 11.8. The van der Waals surface area contributed by atoms with Crippen LogP contribution in [0.4, 0.5) is 0 Å². The number of carboxylic acid groups (broad SMARTS) is 1. The molecule has 0 saturated carbocycles. The Hall–Kier alpha value is -3.81. The van der Waals surface area contributed by atoms with Crippen LogP contribution in [0.15, 0.2) is 59.7 Å². The van der Waals surface area contributed by atoms with Crippen LogP contribution in [0.3, 0.4) is 0 Å². The van der Waals surface area contributed by atoms with Crippen LogP contribution in [0.5, 0.6) is 0 Å². The van der Waals surface area contributed by atoms with Crippen molar-refractivity contribution in [1.82, 2.24) is 20.3 Å². The van der Waals surface area contributed by atoms with Gasteiger partial charge in [0.1, 0.15) is 11.3 Å². The van der Waals surface area contributed by atoms with E-state index in [0.29, 0.717) is 6.42 Å². The van der Waals surface area contributed by atoms with Crippen molar-refractivity contribution in [2.24, 2.45) is 0 Å². The molecule has 142 valence electrons. The first-order valence-corrected chi connectivity index (χ1v) is 8.58. The summed E-state index contributed by atoms with van der Waals surface area (Å²) in [6.07, 6.45) is 3.10. The molecule has 0 spiro atoms. The Balaban J connectivity index is 1.75. The molecule has 3 aromatic rings. The molecule has 28 heavy (non-hydrogen) atoms. The lowest BCUT2D eigenvalue weighted by Gasteiger charge is -2.13. The lowest BCUT2D eigenvalue weighted by Crippen LogP contribution is -2.37. The first-order valence-electron chi connectivity index (χ1n) is 8.58. The largest absolute Gasteiger partial charge is 0.478 e. The summed E-state index contributed by atoms with van der Waals surface area (Å²) >= 11 is 0. The number of benzene rings is 1. The standard InChI is InChI=1S/C20H18N4O4/c1-12(9-13-5-3-2-4-6-13)23-18(25)15-11-22-17(24-19(15)26)16-10-14(20(27)28)7-8-21-16/h2-8,10-12H,9H2,1H3,(H,23,25)(H,27,28)(H,22,24,26). The Morgan fingerprint density at radius 3 is 2.61 bits per heavy atom. The Labute approximate surface area is 160 Å². The molecule has 0 saturated heterocycles. The number of carboxylic acids is 1. The maximum atomic E-state index is 12.4. The minimum atomic E-state index is -1.12. The Morgan fingerprint density at radius 1 is 1.18 bits per heavy atom. The number of hydrogen-bond donors (Lipinski definition) is 3. The lowest BCUT2D eigenvalue weighted by molar-refractivity contribution is 0.0696. The maximum Gasteiger partial charge on any atom is 0.335 e. The van der Waals surface area contributed by atoms with E-state index in [9.17, 15) is 14.4 Å². The fourth-order valence-electron chi connectivity index (χ4n) is 2.70. The molecule has 8 nitrogen and oxygen atoms in total. The average Bonchev–Trinajstić information content (AvgIpc) is 2.68. The molecule has 1 unspecified atom stereocenters. The highest BCUT2D eigenvalue weighted by atomic mass is 16.4. The van der Waals surface area contributed by atoms with E-state index in [1.54, 1.807) is 0 Å². The van der Waals surface area contributed by atoms with Gasteiger partial charge in [0.15, 0.2) is 5.82 Å². The van der Waals surface area contributed by atoms with Crippen LogP contribution in [-0.4, -0.2) is 38.0 Å². The van der Waals surface area contributed by atoms with E-state index in [2.05, 4.69) is 20.3 Å². The number of carbonyl (C=O) groups is 2. The van der Waals surface area contributed by atoms with Gasteiger partial charge in [-0.1, -0.05) is 30.3 Å². The number of nitrogens with one attached hydrogen (secondary N) is 2. The number of carbonyl (C=O) groups excluding carboxylic acids is 1. The predicted molar refractivity (Wildman–Crippen MR) is 102 cm³/mol. The van der Waals surface area contributed by atoms with Crippen molar-refractivity contribution in [3.8, 4) is 11.5 Å². The number of H-pyrrole nitrogens is 1. The summed E-state index contributed by atoms with van der Waals surface area (Å²) in [5.41, 5.74) is 0.530. The van der Waals surface area contributed by atoms with E-state index in [4.69, 9.17) is 5.11 Å². The van der Waals surface area contributed by atoms with Crippen LogP contribution >= 0.6 is 0 Å². The second-order valence-electron chi connectivity index (χ2n) is 6.27. The Bertz CT molecular complexity index is 1060. The first kappa shape index (κ1) is 19.0. The van der Waals surface area contributed by atoms with Gasteiger partial charge in [0, 0.05) is 18.4 Å². The molecule has 1 aromatic carbocycles. The summed E-state index contributed by atoms with van der Waals surface area (Å²) in [7, 11) is 0. The minimum Gasteiger partial charge on any atom is -0.478 e. The van der Waals surface area contributed by atoms with E-state index in [1.165, 1.54) is 18.3 Å². The van der Waals surface area contributed by atoms with Crippen molar-refractivity contribution in [3.05, 3.63) is 81.9 Å². The molecule has 2 aromatic heterocycles. The van der Waals surface area contributed by atoms with Crippen molar-refractivity contribution in [2.45, 2.75) is 19.4 Å². The van der Waals surface area contributed by atoms with Crippen molar-refractivity contribution < 1.29 is 14.7 Å². The zero-order chi connectivity index (χ0) is 20.1. The van der Waals surface area contributed by atoms with Crippen LogP contribution in [0.25, 0.3) is 11.5 Å². The highest BCUT2D eigenvalue weighted by Gasteiger charge is 2.16. The van der Waals surface area contributed by atoms with Gasteiger partial charge < -0.3 is 15.4 Å². The highest BCUT2D eigenvalue weighted by Crippen LogP contribution is 2.12. The topological polar surface area (TPSA) is 125 Å². The summed E-state index contributed by atoms with van der Waals surface area (Å²) in [6, 6.07) is 12.1. The third kappa shape index (κ3) is 4.47. The molecule has 0 bridgehead atoms. The summed E-state index contributed by atoms with van der Waals surface area (Å²) in [4.78, 5) is 46.3. The van der Waals surface area contributed by atoms with Crippen molar-refractivity contribution in [1.29, 1.82) is 0 Å². The molecule has 3 N–H and O–H groups in total. The number of amides is 1. The van der Waals surface area contributed by atoms with Gasteiger partial charge in [-0.3, -0.25) is 14.6 Å². The fourth-order valence-corrected chi connectivity index (χ4v) is 2.70. The highest BCUT2D eigenvalue weighted by molar-refractivity contribution is 5.94. The van der Waals surface area contributed by atoms with E-state index >= 15 is 0 Å². The molecule has 0 radical (unpaired) electrons. The normalized spacial score (nSPS) is 11.6. The van der Waals surface area contributed by atoms with Crippen LogP contribution in [0, 0.1) is 0 Å². The number of pyridine rings is 1. The molecule has 3 rings (SSSR count). The number of aromatic carboxylic acids is 1. The molecule has 2 heterocycles. The van der Waals surface area contributed by atoms with Gasteiger partial charge in [-0.05, 0) is 31.0 Å². The molecule has 1 atom stereocenters. The Kier molecular flexibility index (Phi) is 5.59. The van der Waals surface area contributed by atoms with Crippen LogP contribution < -0.4 is 10.9 Å². The quantitative estimate of drug-likeness (QED) is 0.601. The third-order valence-electron chi connectivity index (χ3n) is 4.06. The SMILES string of the molecule is CC(Cc1ccccc1)NC(=O)c1cnc(-c2cc(C(=O)O)ccn2)[nH]c1=O. The third-order valence-corrected chi connectivity index (χ3v) is 4.06. The summed E-state index contributed by atoms with van der Waals surface area (Å²) in [6.45, 7) is 1.85. The second kappa shape index (κ2) is 8.26. The molecular formula is C20H18N4O4. The predicted octanol–water partition coefficient (Wildman–Crippen LogP) is 1.89. The van der Waals surface area contributed by atoms with Gasteiger partial charge in [0.25, 0.3) is 11.5 Å². The van der Waals surface area contributed by atoms with Crippen LogP contribution in [0.2, 0.25) is 0 Å². The van der Waals surface area contributed by atoms with E-state index in [0.717, 1.165) is 11.8 Å². The van der Waals surface area contributed by atoms with E-state index < -0.39 is 17.4 Å². The van der Waals surface area contributed by atoms with Gasteiger partial charge in [0.05, 0.1) is 5.56 Å². The van der Waals surface area contributed by atoms with Gasteiger partial charge in [-0.25, -0.2) is 9.78 Å². The second-order valence-corrected chi connectivity index (χ2v) is 6.27. The van der Waals surface area contributed by atoms with Crippen molar-refractivity contribution in [3.63, 3.8) is 0 Å². The van der Waals surface area contributed by atoms with Gasteiger partial charge >= 0.3 is 5.97 Å². The van der Waals surface area contributed by atoms with Crippen molar-refractivity contribution >= 4 is 11.9 Å². The van der Waals surface area contributed by atoms with Crippen LogP contribution in [-0.2, 0) is 6.42 Å². The number of rotatable bonds is 6. The van der Waals surface area contributed by atoms with Gasteiger partial charge in [-0.2, -0.15) is 0 Å². The molecule has 0 aliphatic heterocycles. The Morgan fingerprint density at radius 2 is 1.93 bits per heavy atom. The molecule has 0 fully saturated rings. The fraction of sp³-hybridized carbons (Fsp3) is 0.150. The molecule has 0 aliphatic rings. The van der Waals surface area contributed by atoms with E-state index in [1.807, 2.05) is 37.3 Å². The number of aromatic nitrogens is 3. The molecule has 8 heteroatoms. The van der Waals surface area contributed by atoms with Gasteiger partial charge in [0.2, 0.25) is 0 Å².